The van der Waals surface area contributed by atoms with Gasteiger partial charge in [0.05, 0.1) is 6.61 Å². The molecule has 0 bridgehead atoms. The van der Waals surface area contributed by atoms with E-state index in [1.165, 1.54) is 0 Å². The third kappa shape index (κ3) is 4.70. The van der Waals surface area contributed by atoms with Crippen LogP contribution in [0.25, 0.3) is 0 Å². The molecular formula is C12H17NO2. The van der Waals surface area contributed by atoms with Crippen molar-refractivity contribution < 1.29 is 9.53 Å². The highest BCUT2D eigenvalue weighted by molar-refractivity contribution is 5.81. The van der Waals surface area contributed by atoms with Crippen LogP contribution >= 0.6 is 0 Å². The maximum atomic E-state index is 11.2. The van der Waals surface area contributed by atoms with E-state index < -0.39 is 0 Å². The number of rotatable bonds is 6. The zero-order chi connectivity index (χ0) is 11.1. The van der Waals surface area contributed by atoms with Gasteiger partial charge >= 0.3 is 0 Å². The Hall–Kier alpha value is -1.22. The standard InChI is InChI=1S/C12H17NO2/c1-10(2)12(14)9-15-8-6-11-5-3-4-7-13-11/h3-5,7,10H,6,8-9H2,1-2H3. The van der Waals surface area contributed by atoms with E-state index in [1.807, 2.05) is 32.0 Å². The summed E-state index contributed by atoms with van der Waals surface area (Å²) in [6, 6.07) is 5.78. The molecule has 0 unspecified atom stereocenters. The van der Waals surface area contributed by atoms with Gasteiger partial charge in [0.15, 0.2) is 5.78 Å². The number of carbonyl (C=O) groups excluding carboxylic acids is 1. The molecule has 0 radical (unpaired) electrons. The summed E-state index contributed by atoms with van der Waals surface area (Å²) >= 11 is 0. The monoisotopic (exact) mass is 207 g/mol. The number of ketones is 1. The van der Waals surface area contributed by atoms with Gasteiger partial charge in [0.25, 0.3) is 0 Å². The van der Waals surface area contributed by atoms with E-state index in [4.69, 9.17) is 4.74 Å². The van der Waals surface area contributed by atoms with E-state index in [0.717, 1.165) is 12.1 Å². The highest BCUT2D eigenvalue weighted by Gasteiger charge is 2.06. The van der Waals surface area contributed by atoms with Crippen LogP contribution in [0.4, 0.5) is 0 Å². The van der Waals surface area contributed by atoms with Gasteiger partial charge in [-0.05, 0) is 12.1 Å². The first-order valence-corrected chi connectivity index (χ1v) is 5.20. The van der Waals surface area contributed by atoms with Crippen molar-refractivity contribution in [1.82, 2.24) is 4.98 Å². The molecule has 0 aliphatic carbocycles. The van der Waals surface area contributed by atoms with Crippen molar-refractivity contribution in [3.63, 3.8) is 0 Å². The van der Waals surface area contributed by atoms with Crippen molar-refractivity contribution in [2.24, 2.45) is 5.92 Å². The summed E-state index contributed by atoms with van der Waals surface area (Å²) in [6.07, 6.45) is 2.51. The lowest BCUT2D eigenvalue weighted by molar-refractivity contribution is -0.126. The van der Waals surface area contributed by atoms with Gasteiger partial charge in [-0.1, -0.05) is 19.9 Å². The minimum Gasteiger partial charge on any atom is -0.373 e. The molecule has 1 aromatic heterocycles. The van der Waals surface area contributed by atoms with Crippen LogP contribution in [-0.2, 0) is 16.0 Å². The topological polar surface area (TPSA) is 39.2 Å². The maximum Gasteiger partial charge on any atom is 0.160 e. The van der Waals surface area contributed by atoms with Crippen LogP contribution in [-0.4, -0.2) is 24.0 Å². The molecule has 0 fully saturated rings. The molecule has 3 nitrogen and oxygen atoms in total. The van der Waals surface area contributed by atoms with Crippen LogP contribution in [0.1, 0.15) is 19.5 Å². The number of nitrogens with zero attached hydrogens (tertiary/aromatic N) is 1. The molecule has 1 aromatic rings. The minimum absolute atomic E-state index is 0.0554. The average molecular weight is 207 g/mol. The summed E-state index contributed by atoms with van der Waals surface area (Å²) in [5, 5.41) is 0. The summed E-state index contributed by atoms with van der Waals surface area (Å²) in [6.45, 7) is 4.52. The summed E-state index contributed by atoms with van der Waals surface area (Å²) in [5.41, 5.74) is 0.995. The molecule has 0 saturated carbocycles. The van der Waals surface area contributed by atoms with E-state index in [1.54, 1.807) is 6.20 Å². The molecule has 0 aromatic carbocycles. The first kappa shape index (κ1) is 11.9. The highest BCUT2D eigenvalue weighted by Crippen LogP contribution is 1.97. The summed E-state index contributed by atoms with van der Waals surface area (Å²) < 4.78 is 5.27. The van der Waals surface area contributed by atoms with E-state index in [-0.39, 0.29) is 18.3 Å². The predicted molar refractivity (Wildman–Crippen MR) is 58.6 cm³/mol. The Morgan fingerprint density at radius 1 is 1.47 bits per heavy atom. The fourth-order valence-corrected chi connectivity index (χ4v) is 1.06. The van der Waals surface area contributed by atoms with Gasteiger partial charge in [-0.3, -0.25) is 9.78 Å². The molecule has 15 heavy (non-hydrogen) atoms. The maximum absolute atomic E-state index is 11.2. The fraction of sp³-hybridized carbons (Fsp3) is 0.500. The first-order valence-electron chi connectivity index (χ1n) is 5.20. The SMILES string of the molecule is CC(C)C(=O)COCCc1ccccn1. The number of hydrogen-bond acceptors (Lipinski definition) is 3. The molecule has 0 amide bonds. The predicted octanol–water partition coefficient (Wildman–Crippen LogP) is 1.87. The van der Waals surface area contributed by atoms with E-state index >= 15 is 0 Å². The smallest absolute Gasteiger partial charge is 0.160 e. The Morgan fingerprint density at radius 3 is 2.87 bits per heavy atom. The molecule has 0 aliphatic heterocycles. The van der Waals surface area contributed by atoms with Gasteiger partial charge in [-0.2, -0.15) is 0 Å². The number of pyridine rings is 1. The van der Waals surface area contributed by atoms with Crippen molar-refractivity contribution in [2.45, 2.75) is 20.3 Å². The fourth-order valence-electron chi connectivity index (χ4n) is 1.06. The lowest BCUT2D eigenvalue weighted by Gasteiger charge is -2.05. The van der Waals surface area contributed by atoms with Crippen LogP contribution in [0.15, 0.2) is 24.4 Å². The Morgan fingerprint density at radius 2 is 2.27 bits per heavy atom. The second kappa shape index (κ2) is 6.30. The van der Waals surface area contributed by atoms with E-state index in [2.05, 4.69) is 4.98 Å². The van der Waals surface area contributed by atoms with Crippen LogP contribution in [0.2, 0.25) is 0 Å². The first-order chi connectivity index (χ1) is 7.20. The van der Waals surface area contributed by atoms with Crippen molar-refractivity contribution in [3.05, 3.63) is 30.1 Å². The summed E-state index contributed by atoms with van der Waals surface area (Å²) in [5.74, 6) is 0.205. The Kier molecular flexibility index (Phi) is 4.98. The van der Waals surface area contributed by atoms with Crippen molar-refractivity contribution in [3.8, 4) is 0 Å². The Labute approximate surface area is 90.5 Å². The molecule has 1 heterocycles. The largest absolute Gasteiger partial charge is 0.373 e. The quantitative estimate of drug-likeness (QED) is 0.668. The molecular weight excluding hydrogens is 190 g/mol. The number of ether oxygens (including phenoxy) is 1. The normalized spacial score (nSPS) is 10.6. The summed E-state index contributed by atoms with van der Waals surface area (Å²) in [4.78, 5) is 15.4. The van der Waals surface area contributed by atoms with Gasteiger partial charge in [-0.25, -0.2) is 0 Å². The van der Waals surface area contributed by atoms with Crippen LogP contribution in [0, 0.1) is 5.92 Å². The highest BCUT2D eigenvalue weighted by atomic mass is 16.5. The third-order valence-electron chi connectivity index (χ3n) is 2.12. The van der Waals surface area contributed by atoms with Gasteiger partial charge in [0.1, 0.15) is 6.61 Å². The molecule has 0 N–H and O–H groups in total. The third-order valence-corrected chi connectivity index (χ3v) is 2.12. The lowest BCUT2D eigenvalue weighted by Crippen LogP contribution is -2.15. The summed E-state index contributed by atoms with van der Waals surface area (Å²) in [7, 11) is 0. The minimum atomic E-state index is 0.0554. The molecule has 0 atom stereocenters. The van der Waals surface area contributed by atoms with E-state index in [9.17, 15) is 4.79 Å². The number of aromatic nitrogens is 1. The Bertz CT molecular complexity index is 296. The van der Waals surface area contributed by atoms with Crippen molar-refractivity contribution in [2.75, 3.05) is 13.2 Å². The van der Waals surface area contributed by atoms with Crippen LogP contribution in [0.3, 0.4) is 0 Å². The Balaban J connectivity index is 2.15. The van der Waals surface area contributed by atoms with Gasteiger partial charge < -0.3 is 4.74 Å². The molecule has 0 saturated heterocycles. The van der Waals surface area contributed by atoms with Gasteiger partial charge in [0.2, 0.25) is 0 Å². The van der Waals surface area contributed by atoms with E-state index in [0.29, 0.717) is 6.61 Å². The van der Waals surface area contributed by atoms with Crippen molar-refractivity contribution >= 4 is 5.78 Å². The molecule has 3 heteroatoms. The van der Waals surface area contributed by atoms with Gasteiger partial charge in [-0.15, -0.1) is 0 Å². The second-order valence-corrected chi connectivity index (χ2v) is 3.74. The van der Waals surface area contributed by atoms with Crippen molar-refractivity contribution in [1.29, 1.82) is 0 Å². The number of carbonyl (C=O) groups is 1. The average Bonchev–Trinajstić information content (AvgIpc) is 2.25. The molecule has 1 rings (SSSR count). The van der Waals surface area contributed by atoms with Crippen LogP contribution < -0.4 is 0 Å². The molecule has 82 valence electrons. The van der Waals surface area contributed by atoms with Crippen LogP contribution in [0.5, 0.6) is 0 Å². The number of Topliss-reactive ketones (excluding diaryl/α,β-unsaturated/α-hetero) is 1. The second-order valence-electron chi connectivity index (χ2n) is 3.74. The zero-order valence-electron chi connectivity index (χ0n) is 9.27. The molecule has 0 spiro atoms. The molecule has 0 aliphatic rings. The zero-order valence-corrected chi connectivity index (χ0v) is 9.27. The van der Waals surface area contributed by atoms with Gasteiger partial charge in [0, 0.05) is 24.2 Å². The number of hydrogen-bond donors (Lipinski definition) is 0. The lowest BCUT2D eigenvalue weighted by atomic mass is 10.1.